The first-order chi connectivity index (χ1) is 9.06. The summed E-state index contributed by atoms with van der Waals surface area (Å²) in [6.45, 7) is 4.39. The van der Waals surface area contributed by atoms with E-state index in [1.54, 1.807) is 0 Å². The fourth-order valence-corrected chi connectivity index (χ4v) is 2.47. The summed E-state index contributed by atoms with van der Waals surface area (Å²) < 4.78 is 0. The van der Waals surface area contributed by atoms with Crippen LogP contribution in [0.4, 0.5) is 11.8 Å². The number of thiophene rings is 1. The number of nitrogens with two attached hydrogens (primary N) is 1. The summed E-state index contributed by atoms with van der Waals surface area (Å²) in [5.74, 6) is 0.941. The Morgan fingerprint density at radius 2 is 2.26 bits per heavy atom. The number of carbonyl (C=O) groups excluding carboxylic acids is 1. The Kier molecular flexibility index (Phi) is 4.16. The molecule has 102 valence electrons. The van der Waals surface area contributed by atoms with E-state index in [-0.39, 0.29) is 17.9 Å². The van der Waals surface area contributed by atoms with Crippen LogP contribution in [0, 0.1) is 0 Å². The van der Waals surface area contributed by atoms with E-state index in [1.165, 1.54) is 11.3 Å². The fraction of sp³-hybridized carbons (Fsp3) is 0.417. The largest absolute Gasteiger partial charge is 0.369 e. The molecule has 0 aliphatic rings. The average Bonchev–Trinajstić information content (AvgIpc) is 2.75. The number of anilines is 2. The summed E-state index contributed by atoms with van der Waals surface area (Å²) >= 11 is 1.51. The number of nitrogens with zero attached hydrogens (tertiary/aromatic N) is 2. The average molecular weight is 279 g/mol. The second-order valence-electron chi connectivity index (χ2n) is 4.47. The van der Waals surface area contributed by atoms with Crippen LogP contribution in [0.1, 0.15) is 20.3 Å². The highest BCUT2D eigenvalue weighted by molar-refractivity contribution is 7.16. The molecular weight excluding hydrogens is 262 g/mol. The summed E-state index contributed by atoms with van der Waals surface area (Å²) in [6.07, 6.45) is 0.397. The van der Waals surface area contributed by atoms with Crippen molar-refractivity contribution in [2.24, 2.45) is 0 Å². The van der Waals surface area contributed by atoms with Gasteiger partial charge in [0.2, 0.25) is 11.9 Å². The normalized spacial score (nSPS) is 10.9. The molecule has 0 spiro atoms. The lowest BCUT2D eigenvalue weighted by Gasteiger charge is -2.09. The van der Waals surface area contributed by atoms with Crippen LogP contribution in [0.25, 0.3) is 10.2 Å². The molecule has 6 nitrogen and oxygen atoms in total. The van der Waals surface area contributed by atoms with E-state index in [4.69, 9.17) is 5.73 Å². The van der Waals surface area contributed by atoms with E-state index in [2.05, 4.69) is 20.6 Å². The van der Waals surface area contributed by atoms with Crippen LogP contribution in [0.5, 0.6) is 0 Å². The van der Waals surface area contributed by atoms with Crippen molar-refractivity contribution in [3.8, 4) is 0 Å². The number of amides is 1. The molecular formula is C12H17N5OS. The van der Waals surface area contributed by atoms with Crippen molar-refractivity contribution in [2.75, 3.05) is 17.6 Å². The lowest BCUT2D eigenvalue weighted by Crippen LogP contribution is -2.31. The van der Waals surface area contributed by atoms with Gasteiger partial charge in [-0.05, 0) is 25.3 Å². The molecule has 0 fully saturated rings. The smallest absolute Gasteiger partial charge is 0.223 e. The molecule has 2 heterocycles. The van der Waals surface area contributed by atoms with Crippen LogP contribution in [0.2, 0.25) is 0 Å². The van der Waals surface area contributed by atoms with Crippen LogP contribution in [0.3, 0.4) is 0 Å². The summed E-state index contributed by atoms with van der Waals surface area (Å²) in [5.41, 5.74) is 5.65. The molecule has 0 atom stereocenters. The Morgan fingerprint density at radius 1 is 1.47 bits per heavy atom. The summed E-state index contributed by atoms with van der Waals surface area (Å²) in [5, 5.41) is 8.85. The Hall–Kier alpha value is -1.89. The van der Waals surface area contributed by atoms with Crippen LogP contribution in [-0.2, 0) is 4.79 Å². The zero-order valence-electron chi connectivity index (χ0n) is 10.9. The van der Waals surface area contributed by atoms with Crippen molar-refractivity contribution in [3.63, 3.8) is 0 Å². The maximum Gasteiger partial charge on any atom is 0.223 e. The number of rotatable bonds is 5. The van der Waals surface area contributed by atoms with Gasteiger partial charge >= 0.3 is 0 Å². The highest BCUT2D eigenvalue weighted by atomic mass is 32.1. The number of hydrogen-bond acceptors (Lipinski definition) is 6. The number of fused-ring (bicyclic) bond motifs is 1. The van der Waals surface area contributed by atoms with Crippen molar-refractivity contribution in [1.29, 1.82) is 0 Å². The fourth-order valence-electron chi connectivity index (χ4n) is 1.70. The first-order valence-corrected chi connectivity index (χ1v) is 6.98. The summed E-state index contributed by atoms with van der Waals surface area (Å²) in [7, 11) is 0. The zero-order chi connectivity index (χ0) is 13.8. The molecule has 0 unspecified atom stereocenters. The molecule has 0 saturated carbocycles. The minimum atomic E-state index is 0.0195. The van der Waals surface area contributed by atoms with Crippen molar-refractivity contribution >= 4 is 39.2 Å². The Balaban J connectivity index is 1.98. The maximum atomic E-state index is 11.5. The molecule has 0 aliphatic carbocycles. The van der Waals surface area contributed by atoms with Gasteiger partial charge in [-0.25, -0.2) is 4.98 Å². The molecule has 0 aromatic carbocycles. The molecule has 19 heavy (non-hydrogen) atoms. The molecule has 4 N–H and O–H groups in total. The third-order valence-corrected chi connectivity index (χ3v) is 3.24. The Morgan fingerprint density at radius 3 is 3.00 bits per heavy atom. The molecule has 1 amide bonds. The van der Waals surface area contributed by atoms with Crippen molar-refractivity contribution < 1.29 is 4.79 Å². The number of hydrogen-bond donors (Lipinski definition) is 3. The molecule has 2 rings (SSSR count). The molecule has 0 saturated heterocycles. The first kappa shape index (κ1) is 13.5. The van der Waals surface area contributed by atoms with Crippen LogP contribution < -0.4 is 16.4 Å². The van der Waals surface area contributed by atoms with E-state index in [1.807, 2.05) is 25.3 Å². The summed E-state index contributed by atoms with van der Waals surface area (Å²) in [4.78, 5) is 20.7. The minimum absolute atomic E-state index is 0.0195. The van der Waals surface area contributed by atoms with Gasteiger partial charge < -0.3 is 16.4 Å². The second kappa shape index (κ2) is 5.83. The number of nitrogens with one attached hydrogen (secondary N) is 2. The highest BCUT2D eigenvalue weighted by Crippen LogP contribution is 2.25. The van der Waals surface area contributed by atoms with E-state index >= 15 is 0 Å². The van der Waals surface area contributed by atoms with Gasteiger partial charge in [0.15, 0.2) is 0 Å². The van der Waals surface area contributed by atoms with Gasteiger partial charge in [0, 0.05) is 19.0 Å². The lowest BCUT2D eigenvalue weighted by molar-refractivity contribution is -0.121. The van der Waals surface area contributed by atoms with Crippen molar-refractivity contribution in [1.82, 2.24) is 15.3 Å². The summed E-state index contributed by atoms with van der Waals surface area (Å²) in [6, 6.07) is 2.10. The third-order valence-electron chi connectivity index (χ3n) is 2.44. The molecule has 7 heteroatoms. The molecule has 2 aromatic rings. The van der Waals surface area contributed by atoms with Crippen LogP contribution >= 0.6 is 11.3 Å². The molecule has 0 radical (unpaired) electrons. The number of nitrogen functional groups attached to an aromatic ring is 1. The van der Waals surface area contributed by atoms with E-state index in [9.17, 15) is 4.79 Å². The van der Waals surface area contributed by atoms with Gasteiger partial charge in [-0.1, -0.05) is 0 Å². The highest BCUT2D eigenvalue weighted by Gasteiger charge is 2.08. The van der Waals surface area contributed by atoms with Gasteiger partial charge in [0.05, 0.1) is 5.39 Å². The Bertz CT molecular complexity index is 581. The topological polar surface area (TPSA) is 92.9 Å². The van der Waals surface area contributed by atoms with Gasteiger partial charge in [0.25, 0.3) is 0 Å². The monoisotopic (exact) mass is 279 g/mol. The number of aromatic nitrogens is 2. The lowest BCUT2D eigenvalue weighted by atomic mass is 10.3. The van der Waals surface area contributed by atoms with Gasteiger partial charge in [-0.3, -0.25) is 4.79 Å². The van der Waals surface area contributed by atoms with Gasteiger partial charge in [-0.15, -0.1) is 11.3 Å². The van der Waals surface area contributed by atoms with Crippen molar-refractivity contribution in [3.05, 3.63) is 11.4 Å². The predicted octanol–water partition coefficient (Wildman–Crippen LogP) is 1.60. The molecule has 0 aliphatic heterocycles. The number of carbonyl (C=O) groups is 1. The van der Waals surface area contributed by atoms with E-state index in [0.717, 1.165) is 10.2 Å². The first-order valence-electron chi connectivity index (χ1n) is 6.10. The second-order valence-corrected chi connectivity index (χ2v) is 5.36. The Labute approximate surface area is 115 Å². The van der Waals surface area contributed by atoms with E-state index in [0.29, 0.717) is 18.8 Å². The van der Waals surface area contributed by atoms with Crippen LogP contribution in [-0.4, -0.2) is 28.5 Å². The minimum Gasteiger partial charge on any atom is -0.369 e. The molecule has 0 bridgehead atoms. The van der Waals surface area contributed by atoms with Gasteiger partial charge in [-0.2, -0.15) is 4.98 Å². The van der Waals surface area contributed by atoms with E-state index < -0.39 is 0 Å². The van der Waals surface area contributed by atoms with Crippen molar-refractivity contribution in [2.45, 2.75) is 26.3 Å². The zero-order valence-corrected chi connectivity index (χ0v) is 11.8. The maximum absolute atomic E-state index is 11.5. The van der Waals surface area contributed by atoms with Gasteiger partial charge in [0.1, 0.15) is 10.6 Å². The quantitative estimate of drug-likeness (QED) is 0.773. The van der Waals surface area contributed by atoms with Crippen LogP contribution in [0.15, 0.2) is 11.4 Å². The third kappa shape index (κ3) is 3.54. The standard InChI is InChI=1S/C12H17N5OS/c1-7(2)15-9(18)3-5-14-10-8-4-6-19-11(8)17-12(13)16-10/h4,6-7H,3,5H2,1-2H3,(H,15,18)(H3,13,14,16,17). The SMILES string of the molecule is CC(C)NC(=O)CCNc1nc(N)nc2sccc12. The molecule has 2 aromatic heterocycles. The predicted molar refractivity (Wildman–Crippen MR) is 78.2 cm³/mol.